The summed E-state index contributed by atoms with van der Waals surface area (Å²) < 4.78 is 19.0. The van der Waals surface area contributed by atoms with Crippen molar-refractivity contribution in [3.05, 3.63) is 39.7 Å². The second-order valence-electron chi connectivity index (χ2n) is 4.71. The quantitative estimate of drug-likeness (QED) is 0.614. The van der Waals surface area contributed by atoms with Crippen LogP contribution in [-0.4, -0.2) is 41.5 Å². The van der Waals surface area contributed by atoms with E-state index in [-0.39, 0.29) is 17.6 Å². The molecule has 20 heavy (non-hydrogen) atoms. The van der Waals surface area contributed by atoms with Crippen LogP contribution in [0.4, 0.5) is 10.1 Å². The first-order valence-corrected chi connectivity index (χ1v) is 6.34. The van der Waals surface area contributed by atoms with Crippen LogP contribution >= 0.6 is 0 Å². The number of ether oxygens (including phenoxy) is 1. The summed E-state index contributed by atoms with van der Waals surface area (Å²) in [5.41, 5.74) is -0.517. The summed E-state index contributed by atoms with van der Waals surface area (Å²) in [6.07, 6.45) is 0.635. The largest absolute Gasteiger partial charge is 0.377 e. The Morgan fingerprint density at radius 3 is 2.95 bits per heavy atom. The van der Waals surface area contributed by atoms with Crippen LogP contribution < -0.4 is 0 Å². The first kappa shape index (κ1) is 14.4. The summed E-state index contributed by atoms with van der Waals surface area (Å²) in [6, 6.07) is 3.21. The molecule has 1 aliphatic rings. The summed E-state index contributed by atoms with van der Waals surface area (Å²) >= 11 is 0. The molecule has 1 unspecified atom stereocenters. The Morgan fingerprint density at radius 2 is 2.30 bits per heavy atom. The van der Waals surface area contributed by atoms with E-state index in [0.717, 1.165) is 12.1 Å². The lowest BCUT2D eigenvalue weighted by molar-refractivity contribution is -0.387. The Morgan fingerprint density at radius 1 is 1.55 bits per heavy atom. The third-order valence-corrected chi connectivity index (χ3v) is 3.13. The van der Waals surface area contributed by atoms with Crippen LogP contribution in [0.5, 0.6) is 0 Å². The van der Waals surface area contributed by atoms with Crippen molar-refractivity contribution in [2.75, 3.05) is 19.7 Å². The molecule has 1 aromatic rings. The van der Waals surface area contributed by atoms with Gasteiger partial charge in [0.25, 0.3) is 5.91 Å². The highest BCUT2D eigenvalue weighted by Gasteiger charge is 2.23. The van der Waals surface area contributed by atoms with Crippen LogP contribution in [0.25, 0.3) is 0 Å². The number of rotatable bonds is 2. The highest BCUT2D eigenvalue weighted by molar-refractivity contribution is 5.94. The molecule has 1 aliphatic heterocycles. The summed E-state index contributed by atoms with van der Waals surface area (Å²) in [4.78, 5) is 23.6. The van der Waals surface area contributed by atoms with Crippen LogP contribution in [0.2, 0.25) is 0 Å². The maximum Gasteiger partial charge on any atom is 0.304 e. The predicted molar refractivity (Wildman–Crippen MR) is 69.0 cm³/mol. The van der Waals surface area contributed by atoms with Crippen molar-refractivity contribution in [3.8, 4) is 0 Å². The Labute approximate surface area is 115 Å². The predicted octanol–water partition coefficient (Wildman–Crippen LogP) is 1.98. The van der Waals surface area contributed by atoms with E-state index >= 15 is 0 Å². The highest BCUT2D eigenvalue weighted by atomic mass is 19.1. The zero-order valence-corrected chi connectivity index (χ0v) is 11.0. The monoisotopic (exact) mass is 282 g/mol. The Balaban J connectivity index is 2.20. The maximum absolute atomic E-state index is 13.5. The average molecular weight is 282 g/mol. The fourth-order valence-corrected chi connectivity index (χ4v) is 2.15. The van der Waals surface area contributed by atoms with Crippen LogP contribution in [0, 0.1) is 15.9 Å². The van der Waals surface area contributed by atoms with Gasteiger partial charge < -0.3 is 9.64 Å². The minimum atomic E-state index is -1.00. The van der Waals surface area contributed by atoms with Crippen molar-refractivity contribution in [3.63, 3.8) is 0 Å². The molecule has 0 bridgehead atoms. The molecule has 0 aromatic heterocycles. The Hall–Kier alpha value is -2.02. The van der Waals surface area contributed by atoms with Crippen molar-refractivity contribution >= 4 is 11.6 Å². The number of nitrogens with zero attached hydrogens (tertiary/aromatic N) is 2. The molecule has 6 nitrogen and oxygen atoms in total. The lowest BCUT2D eigenvalue weighted by Gasteiger charge is -2.22. The number of nitro groups is 1. The van der Waals surface area contributed by atoms with E-state index in [1.807, 2.05) is 6.92 Å². The molecule has 1 aromatic carbocycles. The van der Waals surface area contributed by atoms with Crippen LogP contribution in [0.1, 0.15) is 23.7 Å². The molecular weight excluding hydrogens is 267 g/mol. The van der Waals surface area contributed by atoms with Crippen LogP contribution in [0.15, 0.2) is 18.2 Å². The Kier molecular flexibility index (Phi) is 4.29. The van der Waals surface area contributed by atoms with Crippen molar-refractivity contribution in [1.29, 1.82) is 0 Å². The van der Waals surface area contributed by atoms with E-state index in [2.05, 4.69) is 0 Å². The van der Waals surface area contributed by atoms with E-state index in [0.29, 0.717) is 26.1 Å². The van der Waals surface area contributed by atoms with E-state index in [1.54, 1.807) is 4.90 Å². The molecule has 0 saturated carbocycles. The van der Waals surface area contributed by atoms with Gasteiger partial charge in [0, 0.05) is 31.3 Å². The third-order valence-electron chi connectivity index (χ3n) is 3.13. The van der Waals surface area contributed by atoms with Crippen LogP contribution in [-0.2, 0) is 4.74 Å². The van der Waals surface area contributed by atoms with Crippen molar-refractivity contribution in [2.45, 2.75) is 19.4 Å². The minimum absolute atomic E-state index is 0.0793. The summed E-state index contributed by atoms with van der Waals surface area (Å²) in [6.45, 7) is 3.40. The molecule has 1 heterocycles. The SMILES string of the molecule is CC1CN(C(=O)c2ccc([N+](=O)[O-])c(F)c2)CCCO1. The van der Waals surface area contributed by atoms with Gasteiger partial charge in [0.1, 0.15) is 0 Å². The zero-order valence-electron chi connectivity index (χ0n) is 11.0. The topological polar surface area (TPSA) is 72.7 Å². The number of carbonyl (C=O) groups excluding carboxylic acids is 1. The first-order valence-electron chi connectivity index (χ1n) is 6.34. The normalized spacial score (nSPS) is 19.5. The van der Waals surface area contributed by atoms with Crippen molar-refractivity contribution < 1.29 is 18.8 Å². The first-order chi connectivity index (χ1) is 9.49. The second-order valence-corrected chi connectivity index (χ2v) is 4.71. The molecule has 108 valence electrons. The molecule has 0 radical (unpaired) electrons. The number of hydrogen-bond acceptors (Lipinski definition) is 4. The molecule has 1 saturated heterocycles. The number of nitro benzene ring substituents is 1. The van der Waals surface area contributed by atoms with Gasteiger partial charge in [-0.3, -0.25) is 14.9 Å². The molecular formula is C13H15FN2O4. The lowest BCUT2D eigenvalue weighted by atomic mass is 10.1. The zero-order chi connectivity index (χ0) is 14.7. The number of halogens is 1. The van der Waals surface area contributed by atoms with Crippen molar-refractivity contribution in [1.82, 2.24) is 4.90 Å². The molecule has 0 aliphatic carbocycles. The third kappa shape index (κ3) is 3.11. The molecule has 1 fully saturated rings. The van der Waals surface area contributed by atoms with Gasteiger partial charge in [0.05, 0.1) is 11.0 Å². The van der Waals surface area contributed by atoms with E-state index < -0.39 is 16.4 Å². The molecule has 1 atom stereocenters. The average Bonchev–Trinajstić information content (AvgIpc) is 2.62. The minimum Gasteiger partial charge on any atom is -0.377 e. The molecule has 2 rings (SSSR count). The second kappa shape index (κ2) is 5.96. The number of carbonyl (C=O) groups is 1. The lowest BCUT2D eigenvalue weighted by Crippen LogP contribution is -2.35. The van der Waals surface area contributed by atoms with Gasteiger partial charge in [-0.25, -0.2) is 0 Å². The van der Waals surface area contributed by atoms with Gasteiger partial charge >= 0.3 is 5.69 Å². The standard InChI is InChI=1S/C13H15FN2O4/c1-9-8-15(5-2-6-20-9)13(17)10-3-4-12(16(18)19)11(14)7-10/h3-4,7,9H,2,5-6,8H2,1H3. The highest BCUT2D eigenvalue weighted by Crippen LogP contribution is 2.19. The van der Waals surface area contributed by atoms with E-state index in [9.17, 15) is 19.3 Å². The number of amides is 1. The molecule has 7 heteroatoms. The van der Waals surface area contributed by atoms with Gasteiger partial charge in [0.2, 0.25) is 5.82 Å². The summed E-state index contributed by atoms with van der Waals surface area (Å²) in [7, 11) is 0. The van der Waals surface area contributed by atoms with Crippen molar-refractivity contribution in [2.24, 2.45) is 0 Å². The number of hydrogen-bond donors (Lipinski definition) is 0. The van der Waals surface area contributed by atoms with Crippen LogP contribution in [0.3, 0.4) is 0 Å². The van der Waals surface area contributed by atoms with Gasteiger partial charge in [-0.1, -0.05) is 0 Å². The maximum atomic E-state index is 13.5. The summed E-state index contributed by atoms with van der Waals surface area (Å²) in [5, 5.41) is 10.5. The van der Waals surface area contributed by atoms with Gasteiger partial charge in [-0.15, -0.1) is 0 Å². The van der Waals surface area contributed by atoms with Gasteiger partial charge in [0.15, 0.2) is 0 Å². The number of benzene rings is 1. The molecule has 0 spiro atoms. The van der Waals surface area contributed by atoms with Gasteiger partial charge in [-0.2, -0.15) is 4.39 Å². The Bertz CT molecular complexity index is 535. The van der Waals surface area contributed by atoms with Gasteiger partial charge in [-0.05, 0) is 25.5 Å². The fourth-order valence-electron chi connectivity index (χ4n) is 2.15. The van der Waals surface area contributed by atoms with E-state index in [4.69, 9.17) is 4.74 Å². The fraction of sp³-hybridized carbons (Fsp3) is 0.462. The smallest absolute Gasteiger partial charge is 0.304 e. The molecule has 1 amide bonds. The molecule has 0 N–H and O–H groups in total. The summed E-state index contributed by atoms with van der Waals surface area (Å²) in [5.74, 6) is -1.34. The van der Waals surface area contributed by atoms with E-state index in [1.165, 1.54) is 6.07 Å².